The Morgan fingerprint density at radius 1 is 1.17 bits per heavy atom. The van der Waals surface area contributed by atoms with Gasteiger partial charge in [0.2, 0.25) is 0 Å². The molecule has 0 radical (unpaired) electrons. The van der Waals surface area contributed by atoms with Crippen molar-refractivity contribution < 1.29 is 9.13 Å². The lowest BCUT2D eigenvalue weighted by atomic mass is 10.2. The van der Waals surface area contributed by atoms with Crippen LogP contribution in [0.4, 0.5) is 21.5 Å². The zero-order valence-electron chi connectivity index (χ0n) is 9.71. The van der Waals surface area contributed by atoms with Crippen molar-refractivity contribution in [3.05, 3.63) is 45.8 Å². The minimum atomic E-state index is -0.329. The number of rotatable bonds is 3. The molecule has 2 rings (SSSR count). The van der Waals surface area contributed by atoms with Gasteiger partial charge in [0.25, 0.3) is 0 Å². The molecule has 5 heteroatoms. The molecular formula is C13H12FIN2O. The summed E-state index contributed by atoms with van der Waals surface area (Å²) in [4.78, 5) is 0. The molecule has 94 valence electrons. The van der Waals surface area contributed by atoms with Crippen LogP contribution in [0.25, 0.3) is 0 Å². The molecule has 2 aromatic carbocycles. The average molecular weight is 358 g/mol. The SMILES string of the molecule is COc1cc(F)ccc1Nc1ccc(N)cc1I. The maximum absolute atomic E-state index is 13.1. The van der Waals surface area contributed by atoms with Gasteiger partial charge in [-0.1, -0.05) is 0 Å². The first-order chi connectivity index (χ1) is 8.60. The first-order valence-corrected chi connectivity index (χ1v) is 6.33. The Bertz CT molecular complexity index is 575. The highest BCUT2D eigenvalue weighted by Crippen LogP contribution is 2.30. The lowest BCUT2D eigenvalue weighted by Crippen LogP contribution is -1.97. The molecule has 0 aliphatic carbocycles. The van der Waals surface area contributed by atoms with Crippen LogP contribution in [-0.4, -0.2) is 7.11 Å². The summed E-state index contributed by atoms with van der Waals surface area (Å²) in [6.07, 6.45) is 0. The van der Waals surface area contributed by atoms with Crippen LogP contribution in [0.15, 0.2) is 36.4 Å². The van der Waals surface area contributed by atoms with E-state index in [9.17, 15) is 4.39 Å². The molecular weight excluding hydrogens is 346 g/mol. The Labute approximate surface area is 118 Å². The predicted octanol–water partition coefficient (Wildman–Crippen LogP) is 3.76. The second kappa shape index (κ2) is 5.43. The van der Waals surface area contributed by atoms with Crippen molar-refractivity contribution in [1.29, 1.82) is 0 Å². The van der Waals surface area contributed by atoms with Gasteiger partial charge in [-0.2, -0.15) is 0 Å². The molecule has 3 nitrogen and oxygen atoms in total. The molecule has 0 saturated carbocycles. The molecule has 0 atom stereocenters. The first-order valence-electron chi connectivity index (χ1n) is 5.26. The summed E-state index contributed by atoms with van der Waals surface area (Å²) in [6.45, 7) is 0. The Morgan fingerprint density at radius 3 is 2.56 bits per heavy atom. The molecule has 3 N–H and O–H groups in total. The van der Waals surface area contributed by atoms with Crippen LogP contribution >= 0.6 is 22.6 Å². The van der Waals surface area contributed by atoms with E-state index < -0.39 is 0 Å². The van der Waals surface area contributed by atoms with E-state index in [0.717, 1.165) is 9.26 Å². The molecule has 0 spiro atoms. The van der Waals surface area contributed by atoms with E-state index in [-0.39, 0.29) is 5.82 Å². The van der Waals surface area contributed by atoms with Gasteiger partial charge in [-0.25, -0.2) is 4.39 Å². The predicted molar refractivity (Wildman–Crippen MR) is 79.8 cm³/mol. The minimum absolute atomic E-state index is 0.329. The van der Waals surface area contributed by atoms with Crippen molar-refractivity contribution in [1.82, 2.24) is 0 Å². The molecule has 0 unspecified atom stereocenters. The Morgan fingerprint density at radius 2 is 1.89 bits per heavy atom. The van der Waals surface area contributed by atoms with Crippen LogP contribution in [0.2, 0.25) is 0 Å². The minimum Gasteiger partial charge on any atom is -0.494 e. The van der Waals surface area contributed by atoms with Gasteiger partial charge in [-0.05, 0) is 52.9 Å². The van der Waals surface area contributed by atoms with Gasteiger partial charge in [0.1, 0.15) is 11.6 Å². The van der Waals surface area contributed by atoms with Crippen LogP contribution in [0.3, 0.4) is 0 Å². The summed E-state index contributed by atoms with van der Waals surface area (Å²) in [5, 5.41) is 3.19. The molecule has 0 aliphatic heterocycles. The molecule has 0 aromatic heterocycles. The lowest BCUT2D eigenvalue weighted by molar-refractivity contribution is 0.413. The highest BCUT2D eigenvalue weighted by molar-refractivity contribution is 14.1. The number of hydrogen-bond acceptors (Lipinski definition) is 3. The molecule has 18 heavy (non-hydrogen) atoms. The largest absolute Gasteiger partial charge is 0.494 e. The fourth-order valence-corrected chi connectivity index (χ4v) is 2.22. The van der Waals surface area contributed by atoms with Gasteiger partial charge in [0.05, 0.1) is 18.5 Å². The zero-order valence-corrected chi connectivity index (χ0v) is 11.9. The van der Waals surface area contributed by atoms with Gasteiger partial charge in [0.15, 0.2) is 0 Å². The molecule has 0 saturated heterocycles. The number of hydrogen-bond donors (Lipinski definition) is 2. The van der Waals surface area contributed by atoms with Crippen molar-refractivity contribution in [3.63, 3.8) is 0 Å². The van der Waals surface area contributed by atoms with Crippen LogP contribution < -0.4 is 15.8 Å². The second-order valence-corrected chi connectivity index (χ2v) is 4.87. The van der Waals surface area contributed by atoms with Crippen LogP contribution in [-0.2, 0) is 0 Å². The van der Waals surface area contributed by atoms with E-state index in [4.69, 9.17) is 10.5 Å². The van der Waals surface area contributed by atoms with Crippen LogP contribution in [0.1, 0.15) is 0 Å². The summed E-state index contributed by atoms with van der Waals surface area (Å²) in [7, 11) is 1.51. The average Bonchev–Trinajstić information content (AvgIpc) is 2.34. The monoisotopic (exact) mass is 358 g/mol. The highest BCUT2D eigenvalue weighted by Gasteiger charge is 2.07. The number of nitrogens with one attached hydrogen (secondary N) is 1. The molecule has 0 fully saturated rings. The third-order valence-electron chi connectivity index (χ3n) is 2.43. The van der Waals surface area contributed by atoms with E-state index in [0.29, 0.717) is 17.1 Å². The van der Waals surface area contributed by atoms with E-state index in [1.165, 1.54) is 19.2 Å². The molecule has 2 aromatic rings. The van der Waals surface area contributed by atoms with Gasteiger partial charge in [-0.15, -0.1) is 0 Å². The smallest absolute Gasteiger partial charge is 0.145 e. The Balaban J connectivity index is 2.33. The van der Waals surface area contributed by atoms with E-state index in [1.807, 2.05) is 12.1 Å². The van der Waals surface area contributed by atoms with Crippen LogP contribution in [0, 0.1) is 9.39 Å². The maximum atomic E-state index is 13.1. The van der Waals surface area contributed by atoms with Gasteiger partial charge in [-0.3, -0.25) is 0 Å². The van der Waals surface area contributed by atoms with Crippen molar-refractivity contribution in [2.75, 3.05) is 18.2 Å². The quantitative estimate of drug-likeness (QED) is 0.649. The zero-order chi connectivity index (χ0) is 13.1. The summed E-state index contributed by atoms with van der Waals surface area (Å²) in [6, 6.07) is 9.90. The Hall–Kier alpha value is -1.50. The summed E-state index contributed by atoms with van der Waals surface area (Å²) >= 11 is 2.19. The number of nitrogens with two attached hydrogens (primary N) is 1. The molecule has 0 heterocycles. The first kappa shape index (κ1) is 12.9. The number of benzene rings is 2. The van der Waals surface area contributed by atoms with Gasteiger partial charge >= 0.3 is 0 Å². The fraction of sp³-hybridized carbons (Fsp3) is 0.0769. The number of halogens is 2. The molecule has 0 bridgehead atoms. The topological polar surface area (TPSA) is 47.3 Å². The van der Waals surface area contributed by atoms with Gasteiger partial charge < -0.3 is 15.8 Å². The van der Waals surface area contributed by atoms with Crippen molar-refractivity contribution in [3.8, 4) is 5.75 Å². The van der Waals surface area contributed by atoms with E-state index in [1.54, 1.807) is 12.1 Å². The summed E-state index contributed by atoms with van der Waals surface area (Å²) in [5.74, 6) is 0.132. The number of anilines is 3. The van der Waals surface area contributed by atoms with Crippen molar-refractivity contribution in [2.24, 2.45) is 0 Å². The number of ether oxygens (including phenoxy) is 1. The maximum Gasteiger partial charge on any atom is 0.145 e. The third kappa shape index (κ3) is 2.84. The van der Waals surface area contributed by atoms with Gasteiger partial charge in [0, 0.05) is 15.3 Å². The standard InChI is InChI=1S/C13H12FIN2O/c1-18-13-6-8(14)2-4-12(13)17-11-5-3-9(16)7-10(11)15/h2-7,17H,16H2,1H3. The third-order valence-corrected chi connectivity index (χ3v) is 3.32. The van der Waals surface area contributed by atoms with Crippen LogP contribution in [0.5, 0.6) is 5.75 Å². The molecule has 0 aliphatic rings. The fourth-order valence-electron chi connectivity index (χ4n) is 1.55. The second-order valence-electron chi connectivity index (χ2n) is 3.71. The van der Waals surface area contributed by atoms with Crippen molar-refractivity contribution >= 4 is 39.7 Å². The van der Waals surface area contributed by atoms with E-state index in [2.05, 4.69) is 27.9 Å². The number of methoxy groups -OCH3 is 1. The Kier molecular flexibility index (Phi) is 3.90. The lowest BCUT2D eigenvalue weighted by Gasteiger charge is -2.12. The summed E-state index contributed by atoms with van der Waals surface area (Å²) < 4.78 is 19.2. The normalized spacial score (nSPS) is 10.2. The van der Waals surface area contributed by atoms with E-state index >= 15 is 0 Å². The van der Waals surface area contributed by atoms with Crippen molar-refractivity contribution in [2.45, 2.75) is 0 Å². The highest BCUT2D eigenvalue weighted by atomic mass is 127. The molecule has 0 amide bonds. The summed E-state index contributed by atoms with van der Waals surface area (Å²) in [5.41, 5.74) is 8.00. The number of nitrogen functional groups attached to an aromatic ring is 1.